The van der Waals surface area contributed by atoms with Crippen LogP contribution in [-0.4, -0.2) is 51.1 Å². The van der Waals surface area contributed by atoms with E-state index in [0.29, 0.717) is 15.6 Å². The first kappa shape index (κ1) is 27.6. The Hall–Kier alpha value is -3.95. The van der Waals surface area contributed by atoms with E-state index < -0.39 is 29.3 Å². The van der Waals surface area contributed by atoms with Gasteiger partial charge in [0.25, 0.3) is 5.91 Å². The molecule has 0 radical (unpaired) electrons. The fourth-order valence-corrected chi connectivity index (χ4v) is 3.78. The molecule has 2 aromatic heterocycles. The highest BCUT2D eigenvalue weighted by molar-refractivity contribution is 7.16. The monoisotopic (exact) mass is 531 g/mol. The molecule has 0 fully saturated rings. The normalized spacial score (nSPS) is 11.4. The minimum Gasteiger partial charge on any atom is -0.389 e. The van der Waals surface area contributed by atoms with Crippen LogP contribution in [0.4, 0.5) is 28.9 Å². The van der Waals surface area contributed by atoms with Crippen LogP contribution < -0.4 is 10.6 Å². The third kappa shape index (κ3) is 8.03. The summed E-state index contributed by atoms with van der Waals surface area (Å²) < 4.78 is 38.8. The van der Waals surface area contributed by atoms with Crippen LogP contribution in [0, 0.1) is 18.8 Å². The van der Waals surface area contributed by atoms with Gasteiger partial charge in [-0.05, 0) is 56.5 Å². The molecule has 0 unspecified atom stereocenters. The Labute approximate surface area is 215 Å². The number of carbonyl (C=O) groups is 2. The van der Waals surface area contributed by atoms with Crippen molar-refractivity contribution in [2.24, 2.45) is 0 Å². The minimum absolute atomic E-state index is 0.129. The van der Waals surface area contributed by atoms with E-state index in [1.54, 1.807) is 33.9 Å². The molecule has 2 heterocycles. The van der Waals surface area contributed by atoms with Crippen LogP contribution in [0.3, 0.4) is 0 Å². The number of halogens is 3. The number of hydrogen-bond acceptors (Lipinski definition) is 6. The molecule has 0 aliphatic carbocycles. The largest absolute Gasteiger partial charge is 0.416 e. The summed E-state index contributed by atoms with van der Waals surface area (Å²) in [7, 11) is 1.55. The summed E-state index contributed by atoms with van der Waals surface area (Å²) >= 11 is 1.15. The van der Waals surface area contributed by atoms with E-state index in [4.69, 9.17) is 0 Å². The molecule has 194 valence electrons. The first-order valence-electron chi connectivity index (χ1n) is 10.9. The van der Waals surface area contributed by atoms with E-state index in [2.05, 4.69) is 32.4 Å². The quantitative estimate of drug-likeness (QED) is 0.412. The van der Waals surface area contributed by atoms with Crippen molar-refractivity contribution < 1.29 is 27.9 Å². The zero-order valence-electron chi connectivity index (χ0n) is 20.4. The van der Waals surface area contributed by atoms with Crippen LogP contribution in [0.2, 0.25) is 0 Å². The van der Waals surface area contributed by atoms with E-state index in [0.717, 1.165) is 35.2 Å². The topological polar surface area (TPSA) is 107 Å². The Balaban J connectivity index is 1.71. The van der Waals surface area contributed by atoms with Crippen molar-refractivity contribution in [2.45, 2.75) is 32.5 Å². The second-order valence-electron chi connectivity index (χ2n) is 8.79. The number of nitrogens with zero attached hydrogens (tertiary/aromatic N) is 3. The van der Waals surface area contributed by atoms with Crippen molar-refractivity contribution >= 4 is 34.2 Å². The molecule has 0 spiro atoms. The predicted octanol–water partition coefficient (Wildman–Crippen LogP) is 4.75. The molecule has 1 aromatic carbocycles. The Morgan fingerprint density at radius 1 is 1.11 bits per heavy atom. The lowest BCUT2D eigenvalue weighted by molar-refractivity contribution is -0.137. The zero-order chi connectivity index (χ0) is 27.4. The summed E-state index contributed by atoms with van der Waals surface area (Å²) in [5.74, 6) is 5.04. The van der Waals surface area contributed by atoms with Crippen LogP contribution in [0.5, 0.6) is 0 Å². The molecule has 3 aromatic rings. The van der Waals surface area contributed by atoms with Gasteiger partial charge >= 0.3 is 12.2 Å². The van der Waals surface area contributed by atoms with E-state index in [1.807, 2.05) is 0 Å². The lowest BCUT2D eigenvalue weighted by Crippen LogP contribution is -2.41. The van der Waals surface area contributed by atoms with Gasteiger partial charge in [0.05, 0.1) is 28.8 Å². The fraction of sp³-hybridized carbons (Fsp3) is 0.280. The van der Waals surface area contributed by atoms with Crippen LogP contribution >= 0.6 is 11.3 Å². The van der Waals surface area contributed by atoms with Crippen molar-refractivity contribution in [2.75, 3.05) is 24.2 Å². The molecule has 3 amide bonds. The maximum Gasteiger partial charge on any atom is 0.416 e. The Morgan fingerprint density at radius 3 is 2.51 bits per heavy atom. The molecule has 8 nitrogen and oxygen atoms in total. The summed E-state index contributed by atoms with van der Waals surface area (Å²) in [6.07, 6.45) is -2.09. The van der Waals surface area contributed by atoms with Crippen molar-refractivity contribution in [1.82, 2.24) is 14.9 Å². The van der Waals surface area contributed by atoms with E-state index in [1.165, 1.54) is 23.2 Å². The number of benzene rings is 1. The minimum atomic E-state index is -4.55. The molecule has 12 heteroatoms. The SMILES string of the molecule is Cc1ccc(C(=O)Nc2cc(C(F)(F)F)ccn2)cc1C#Cc1cnc(NC(=O)N(C)CC(C)(C)O)s1. The van der Waals surface area contributed by atoms with Crippen molar-refractivity contribution in [3.63, 3.8) is 0 Å². The number of urea groups is 1. The van der Waals surface area contributed by atoms with Gasteiger partial charge in [-0.2, -0.15) is 13.2 Å². The summed E-state index contributed by atoms with van der Waals surface area (Å²) in [5, 5.41) is 15.2. The predicted molar refractivity (Wildman–Crippen MR) is 134 cm³/mol. The van der Waals surface area contributed by atoms with Crippen LogP contribution in [0.1, 0.15) is 45.8 Å². The van der Waals surface area contributed by atoms with Crippen LogP contribution in [0.15, 0.2) is 42.7 Å². The van der Waals surface area contributed by atoms with Crippen molar-refractivity contribution in [3.8, 4) is 11.8 Å². The molecule has 37 heavy (non-hydrogen) atoms. The Kier molecular flexibility index (Phi) is 8.20. The summed E-state index contributed by atoms with van der Waals surface area (Å²) in [5.41, 5.74) is -0.446. The van der Waals surface area contributed by atoms with E-state index in [-0.39, 0.29) is 17.9 Å². The summed E-state index contributed by atoms with van der Waals surface area (Å²) in [6.45, 7) is 5.12. The van der Waals surface area contributed by atoms with Crippen LogP contribution in [-0.2, 0) is 6.18 Å². The number of rotatable bonds is 5. The number of likely N-dealkylation sites (N-methyl/N-ethyl adjacent to an activating group) is 1. The van der Waals surface area contributed by atoms with E-state index in [9.17, 15) is 27.9 Å². The molecule has 0 aliphatic rings. The van der Waals surface area contributed by atoms with Gasteiger partial charge in [-0.3, -0.25) is 10.1 Å². The molecule has 3 N–H and O–H groups in total. The first-order valence-corrected chi connectivity index (χ1v) is 11.7. The first-order chi connectivity index (χ1) is 17.2. The van der Waals surface area contributed by atoms with Gasteiger partial charge in [0.2, 0.25) is 0 Å². The average molecular weight is 532 g/mol. The van der Waals surface area contributed by atoms with Crippen molar-refractivity contribution in [1.29, 1.82) is 0 Å². The number of anilines is 2. The number of hydrogen-bond donors (Lipinski definition) is 3. The van der Waals surface area contributed by atoms with Gasteiger partial charge in [-0.1, -0.05) is 23.3 Å². The van der Waals surface area contributed by atoms with Crippen molar-refractivity contribution in [3.05, 3.63) is 69.9 Å². The van der Waals surface area contributed by atoms with Gasteiger partial charge < -0.3 is 15.3 Å². The van der Waals surface area contributed by atoms with Gasteiger partial charge in [0, 0.05) is 24.4 Å². The smallest absolute Gasteiger partial charge is 0.389 e. The van der Waals surface area contributed by atoms with Crippen LogP contribution in [0.25, 0.3) is 0 Å². The van der Waals surface area contributed by atoms with Gasteiger partial charge in [-0.15, -0.1) is 0 Å². The van der Waals surface area contributed by atoms with Gasteiger partial charge in [0.1, 0.15) is 5.82 Å². The summed E-state index contributed by atoms with van der Waals surface area (Å²) in [4.78, 5) is 34.7. The molecular weight excluding hydrogens is 507 g/mol. The Bertz CT molecular complexity index is 1370. The highest BCUT2D eigenvalue weighted by atomic mass is 32.1. The second kappa shape index (κ2) is 11.0. The third-order valence-electron chi connectivity index (χ3n) is 4.84. The number of nitrogens with one attached hydrogen (secondary N) is 2. The number of aryl methyl sites for hydroxylation is 1. The number of alkyl halides is 3. The molecule has 0 atom stereocenters. The molecule has 0 saturated heterocycles. The van der Waals surface area contributed by atoms with E-state index >= 15 is 0 Å². The fourth-order valence-electron chi connectivity index (χ4n) is 3.12. The zero-order valence-corrected chi connectivity index (χ0v) is 21.2. The number of pyridine rings is 1. The van der Waals surface area contributed by atoms with Gasteiger partial charge in [0.15, 0.2) is 5.13 Å². The lowest BCUT2D eigenvalue weighted by atomic mass is 10.0. The molecule has 3 rings (SSSR count). The molecule has 0 bridgehead atoms. The number of amides is 3. The number of thiazole rings is 1. The maximum atomic E-state index is 12.9. The highest BCUT2D eigenvalue weighted by Gasteiger charge is 2.31. The standard InChI is InChI=1S/C25H24F3N5O3S/c1-15-5-6-17(21(34)31-20-12-18(9-10-29-20)25(26,27)28)11-16(15)7-8-19-13-30-22(37-19)32-23(35)33(4)14-24(2,3)36/h5-6,9-13,36H,14H2,1-4H3,(H,29,31,34)(H,30,32,35). The average Bonchev–Trinajstić information content (AvgIpc) is 3.24. The molecule has 0 saturated carbocycles. The third-order valence-corrected chi connectivity index (χ3v) is 5.67. The number of carbonyl (C=O) groups excluding carboxylic acids is 2. The second-order valence-corrected chi connectivity index (χ2v) is 9.82. The van der Waals surface area contributed by atoms with Gasteiger partial charge in [-0.25, -0.2) is 14.8 Å². The number of aromatic nitrogens is 2. The molecular formula is C25H24F3N5O3S. The lowest BCUT2D eigenvalue weighted by Gasteiger charge is -2.25. The highest BCUT2D eigenvalue weighted by Crippen LogP contribution is 2.30. The summed E-state index contributed by atoms with van der Waals surface area (Å²) in [6, 6.07) is 5.89. The Morgan fingerprint density at radius 2 is 1.84 bits per heavy atom. The number of aliphatic hydroxyl groups is 1. The molecule has 0 aliphatic heterocycles. The maximum absolute atomic E-state index is 12.9.